The minimum atomic E-state index is -0.955. The van der Waals surface area contributed by atoms with E-state index in [4.69, 9.17) is 5.11 Å². The van der Waals surface area contributed by atoms with Crippen LogP contribution in [0.25, 0.3) is 0 Å². The number of carboxylic acid groups (broad SMARTS) is 1. The molecular weight excluding hydrogens is 260 g/mol. The zero-order chi connectivity index (χ0) is 14.5. The predicted octanol–water partition coefficient (Wildman–Crippen LogP) is 4.17. The molecule has 0 radical (unpaired) electrons. The van der Waals surface area contributed by atoms with Gasteiger partial charge in [0.2, 0.25) is 0 Å². The third-order valence-electron chi connectivity index (χ3n) is 3.17. The number of hydrogen-bond acceptors (Lipinski definition) is 4. The lowest BCUT2D eigenvalue weighted by Gasteiger charge is -2.24. The van der Waals surface area contributed by atoms with Gasteiger partial charge in [0.1, 0.15) is 0 Å². The molecule has 0 bridgehead atoms. The van der Waals surface area contributed by atoms with Gasteiger partial charge in [-0.1, -0.05) is 40.0 Å². The largest absolute Gasteiger partial charge is 0.476 e. The number of hydrogen-bond donors (Lipinski definition) is 2. The Morgan fingerprint density at radius 2 is 2.11 bits per heavy atom. The van der Waals surface area contributed by atoms with E-state index in [0.717, 1.165) is 11.4 Å². The molecule has 0 fully saturated rings. The molecule has 108 valence electrons. The lowest BCUT2D eigenvalue weighted by atomic mass is 9.87. The first-order valence-corrected chi connectivity index (χ1v) is 7.62. The molecule has 1 heterocycles. The van der Waals surface area contributed by atoms with E-state index in [1.54, 1.807) is 6.92 Å². The topological polar surface area (TPSA) is 62.2 Å². The molecule has 4 nitrogen and oxygen atoms in total. The highest BCUT2D eigenvalue weighted by molar-refractivity contribution is 7.15. The highest BCUT2D eigenvalue weighted by Gasteiger charge is 2.19. The highest BCUT2D eigenvalue weighted by Crippen LogP contribution is 2.27. The zero-order valence-corrected chi connectivity index (χ0v) is 13.1. The minimum Gasteiger partial charge on any atom is -0.476 e. The van der Waals surface area contributed by atoms with Gasteiger partial charge in [0.25, 0.3) is 0 Å². The lowest BCUT2D eigenvalue weighted by molar-refractivity contribution is 0.0690. The van der Waals surface area contributed by atoms with Crippen LogP contribution in [0.3, 0.4) is 0 Å². The lowest BCUT2D eigenvalue weighted by Crippen LogP contribution is -2.23. The summed E-state index contributed by atoms with van der Waals surface area (Å²) in [5.74, 6) is -0.955. The van der Waals surface area contributed by atoms with Crippen LogP contribution in [-0.4, -0.2) is 22.6 Å². The number of aryl methyl sites for hydroxylation is 1. The van der Waals surface area contributed by atoms with E-state index in [1.165, 1.54) is 37.0 Å². The van der Waals surface area contributed by atoms with Gasteiger partial charge in [-0.3, -0.25) is 0 Å². The number of carbonyl (C=O) groups is 1. The number of unbranched alkanes of at least 4 members (excludes halogenated alkanes) is 2. The van der Waals surface area contributed by atoms with E-state index in [-0.39, 0.29) is 11.1 Å². The third-order valence-corrected chi connectivity index (χ3v) is 4.10. The van der Waals surface area contributed by atoms with Gasteiger partial charge >= 0.3 is 5.97 Å². The summed E-state index contributed by atoms with van der Waals surface area (Å²) in [7, 11) is 0. The molecule has 0 saturated heterocycles. The average Bonchev–Trinajstić information content (AvgIpc) is 2.69. The Bertz CT molecular complexity index is 427. The van der Waals surface area contributed by atoms with Crippen molar-refractivity contribution >= 4 is 22.4 Å². The molecule has 19 heavy (non-hydrogen) atoms. The van der Waals surface area contributed by atoms with Crippen molar-refractivity contribution in [3.05, 3.63) is 10.6 Å². The summed E-state index contributed by atoms with van der Waals surface area (Å²) in [6.07, 6.45) is 4.91. The maximum absolute atomic E-state index is 10.9. The van der Waals surface area contributed by atoms with Gasteiger partial charge in [-0.25, -0.2) is 9.78 Å². The summed E-state index contributed by atoms with van der Waals surface area (Å²) in [6.45, 7) is 9.28. The van der Waals surface area contributed by atoms with Crippen LogP contribution < -0.4 is 5.32 Å². The Morgan fingerprint density at radius 1 is 1.42 bits per heavy atom. The van der Waals surface area contributed by atoms with E-state index in [2.05, 4.69) is 31.1 Å². The molecule has 0 aliphatic carbocycles. The number of anilines is 1. The third kappa shape index (κ3) is 5.19. The Balaban J connectivity index is 2.51. The fraction of sp³-hybridized carbons (Fsp3) is 0.714. The maximum Gasteiger partial charge on any atom is 0.355 e. The van der Waals surface area contributed by atoms with Crippen LogP contribution in [0.15, 0.2) is 0 Å². The van der Waals surface area contributed by atoms with E-state index >= 15 is 0 Å². The number of nitrogens with zero attached hydrogens (tertiary/aromatic N) is 1. The normalized spacial score (nSPS) is 11.6. The molecule has 1 aromatic rings. The fourth-order valence-corrected chi connectivity index (χ4v) is 2.73. The summed E-state index contributed by atoms with van der Waals surface area (Å²) < 4.78 is 0. The van der Waals surface area contributed by atoms with E-state index < -0.39 is 5.97 Å². The summed E-state index contributed by atoms with van der Waals surface area (Å²) in [5.41, 5.74) is 0.370. The summed E-state index contributed by atoms with van der Waals surface area (Å²) >= 11 is 1.41. The molecule has 0 amide bonds. The van der Waals surface area contributed by atoms with Gasteiger partial charge < -0.3 is 10.4 Å². The van der Waals surface area contributed by atoms with Crippen molar-refractivity contribution in [2.45, 2.75) is 53.4 Å². The SMILES string of the molecule is CCCCCC(C)(C)CNc1nc(C(=O)O)c(C)s1. The fourth-order valence-electron chi connectivity index (χ4n) is 1.93. The van der Waals surface area contributed by atoms with Crippen LogP contribution in [0.5, 0.6) is 0 Å². The molecule has 2 N–H and O–H groups in total. The Hall–Kier alpha value is -1.10. The first-order valence-electron chi connectivity index (χ1n) is 6.80. The Kier molecular flexibility index (Phi) is 5.79. The summed E-state index contributed by atoms with van der Waals surface area (Å²) in [6, 6.07) is 0. The van der Waals surface area contributed by atoms with E-state index in [1.807, 2.05) is 0 Å². The molecule has 0 aromatic carbocycles. The highest BCUT2D eigenvalue weighted by atomic mass is 32.1. The summed E-state index contributed by atoms with van der Waals surface area (Å²) in [4.78, 5) is 15.8. The van der Waals surface area contributed by atoms with Crippen LogP contribution in [-0.2, 0) is 0 Å². The standard InChI is InChI=1S/C14H24N2O2S/c1-5-6-7-8-14(3,4)9-15-13-16-11(12(17)18)10(2)19-13/h5-9H2,1-4H3,(H,15,16)(H,17,18). The molecule has 0 atom stereocenters. The van der Waals surface area contributed by atoms with Crippen LogP contribution in [0.2, 0.25) is 0 Å². The molecule has 0 aliphatic rings. The van der Waals surface area contributed by atoms with Crippen molar-refractivity contribution in [1.82, 2.24) is 4.98 Å². The van der Waals surface area contributed by atoms with Crippen molar-refractivity contribution in [2.75, 3.05) is 11.9 Å². The molecule has 0 spiro atoms. The van der Waals surface area contributed by atoms with Gasteiger partial charge in [-0.05, 0) is 18.8 Å². The van der Waals surface area contributed by atoms with E-state index in [0.29, 0.717) is 5.13 Å². The van der Waals surface area contributed by atoms with Gasteiger partial charge in [0, 0.05) is 11.4 Å². The first-order chi connectivity index (χ1) is 8.85. The molecule has 1 rings (SSSR count). The predicted molar refractivity (Wildman–Crippen MR) is 80.2 cm³/mol. The van der Waals surface area contributed by atoms with Crippen molar-refractivity contribution in [3.63, 3.8) is 0 Å². The molecular formula is C14H24N2O2S. The number of rotatable bonds is 8. The van der Waals surface area contributed by atoms with Crippen LogP contribution in [0.1, 0.15) is 61.8 Å². The average molecular weight is 284 g/mol. The van der Waals surface area contributed by atoms with Crippen molar-refractivity contribution in [1.29, 1.82) is 0 Å². The molecule has 5 heteroatoms. The number of nitrogens with one attached hydrogen (secondary N) is 1. The zero-order valence-electron chi connectivity index (χ0n) is 12.2. The number of aromatic carboxylic acids is 1. The van der Waals surface area contributed by atoms with Crippen molar-refractivity contribution < 1.29 is 9.90 Å². The first kappa shape index (κ1) is 16.0. The minimum absolute atomic E-state index is 0.163. The van der Waals surface area contributed by atoms with Crippen molar-refractivity contribution in [2.24, 2.45) is 5.41 Å². The molecule has 0 saturated carbocycles. The molecule has 0 unspecified atom stereocenters. The van der Waals surface area contributed by atoms with Gasteiger partial charge in [0.15, 0.2) is 10.8 Å². The van der Waals surface area contributed by atoms with Crippen LogP contribution in [0.4, 0.5) is 5.13 Å². The number of thiazole rings is 1. The van der Waals surface area contributed by atoms with Gasteiger partial charge in [-0.2, -0.15) is 0 Å². The second kappa shape index (κ2) is 6.89. The smallest absolute Gasteiger partial charge is 0.355 e. The second-order valence-electron chi connectivity index (χ2n) is 5.70. The molecule has 1 aromatic heterocycles. The molecule has 0 aliphatic heterocycles. The van der Waals surface area contributed by atoms with Crippen molar-refractivity contribution in [3.8, 4) is 0 Å². The van der Waals surface area contributed by atoms with Gasteiger partial charge in [-0.15, -0.1) is 11.3 Å². The monoisotopic (exact) mass is 284 g/mol. The number of aromatic nitrogens is 1. The van der Waals surface area contributed by atoms with Crippen LogP contribution in [0, 0.1) is 12.3 Å². The van der Waals surface area contributed by atoms with Crippen LogP contribution >= 0.6 is 11.3 Å². The maximum atomic E-state index is 10.9. The van der Waals surface area contributed by atoms with Gasteiger partial charge in [0.05, 0.1) is 0 Å². The quantitative estimate of drug-likeness (QED) is 0.703. The number of carboxylic acids is 1. The summed E-state index contributed by atoms with van der Waals surface area (Å²) in [5, 5.41) is 12.9. The van der Waals surface area contributed by atoms with E-state index in [9.17, 15) is 4.79 Å². The Morgan fingerprint density at radius 3 is 2.63 bits per heavy atom. The second-order valence-corrected chi connectivity index (χ2v) is 6.91. The Labute approximate surface area is 119 Å².